The van der Waals surface area contributed by atoms with Crippen LogP contribution in [0.3, 0.4) is 0 Å². The van der Waals surface area contributed by atoms with Crippen molar-refractivity contribution in [1.82, 2.24) is 0 Å². The molecule has 2 unspecified atom stereocenters. The Morgan fingerprint density at radius 1 is 1.40 bits per heavy atom. The van der Waals surface area contributed by atoms with Crippen LogP contribution < -0.4 is 0 Å². The highest BCUT2D eigenvalue weighted by Gasteiger charge is 2.16. The van der Waals surface area contributed by atoms with Crippen LogP contribution in [0.1, 0.15) is 12.5 Å². The molecule has 0 heterocycles. The molecule has 0 radical (unpaired) electrons. The zero-order valence-corrected chi connectivity index (χ0v) is 12.2. The summed E-state index contributed by atoms with van der Waals surface area (Å²) in [6, 6.07) is 6.16. The van der Waals surface area contributed by atoms with Gasteiger partial charge in [-0.05, 0) is 12.0 Å². The molecule has 0 aromatic heterocycles. The molecule has 0 amide bonds. The molecule has 0 aliphatic heterocycles. The number of rotatable bonds is 7. The number of nitro benzene ring substituents is 1. The van der Waals surface area contributed by atoms with Crippen molar-refractivity contribution < 1.29 is 18.7 Å². The first-order valence-corrected chi connectivity index (χ1v) is 7.59. The number of nitro groups is 1. The van der Waals surface area contributed by atoms with Crippen LogP contribution in [-0.4, -0.2) is 33.7 Å². The van der Waals surface area contributed by atoms with Gasteiger partial charge >= 0.3 is 5.97 Å². The van der Waals surface area contributed by atoms with Crippen LogP contribution in [0.5, 0.6) is 0 Å². The lowest BCUT2D eigenvalue weighted by Crippen LogP contribution is -2.21. The van der Waals surface area contributed by atoms with Crippen molar-refractivity contribution in [3.63, 3.8) is 0 Å². The summed E-state index contributed by atoms with van der Waals surface area (Å²) in [6.45, 7) is 1.68. The van der Waals surface area contributed by atoms with Crippen LogP contribution in [0.2, 0.25) is 0 Å². The fourth-order valence-electron chi connectivity index (χ4n) is 1.65. The summed E-state index contributed by atoms with van der Waals surface area (Å²) < 4.78 is 16.4. The molecular weight excluding hydrogens is 282 g/mol. The van der Waals surface area contributed by atoms with Gasteiger partial charge in [0.1, 0.15) is 0 Å². The van der Waals surface area contributed by atoms with Gasteiger partial charge in [0.2, 0.25) is 0 Å². The molecule has 0 spiro atoms. The van der Waals surface area contributed by atoms with Crippen molar-refractivity contribution in [2.45, 2.75) is 13.3 Å². The molecule has 0 N–H and O–H groups in total. The number of esters is 1. The first-order chi connectivity index (χ1) is 9.43. The molecule has 0 saturated carbocycles. The van der Waals surface area contributed by atoms with Crippen LogP contribution in [0, 0.1) is 16.0 Å². The lowest BCUT2D eigenvalue weighted by Gasteiger charge is -2.08. The molecule has 6 nitrogen and oxygen atoms in total. The summed E-state index contributed by atoms with van der Waals surface area (Å²) >= 11 is 0. The van der Waals surface area contributed by atoms with Crippen LogP contribution in [0.15, 0.2) is 24.3 Å². The van der Waals surface area contributed by atoms with Gasteiger partial charge in [-0.1, -0.05) is 19.1 Å². The summed E-state index contributed by atoms with van der Waals surface area (Å²) in [4.78, 5) is 21.2. The predicted octanol–water partition coefficient (Wildman–Crippen LogP) is 1.70. The standard InChI is InChI=1S/C13H17NO5S/c1-10(13(15)19-2)9-20(18)8-7-11-3-5-12(6-4-11)14(16)17/h3-6,10H,7-9H2,1-2H3. The van der Waals surface area contributed by atoms with Gasteiger partial charge in [0.25, 0.3) is 5.69 Å². The number of hydrogen-bond acceptors (Lipinski definition) is 5. The first-order valence-electron chi connectivity index (χ1n) is 6.10. The molecule has 1 aromatic rings. The van der Waals surface area contributed by atoms with Gasteiger partial charge in [0, 0.05) is 34.4 Å². The molecule has 7 heteroatoms. The number of methoxy groups -OCH3 is 1. The van der Waals surface area contributed by atoms with Crippen molar-refractivity contribution in [3.05, 3.63) is 39.9 Å². The normalized spacial score (nSPS) is 13.5. The van der Waals surface area contributed by atoms with Gasteiger partial charge in [0.15, 0.2) is 0 Å². The second-order valence-electron chi connectivity index (χ2n) is 4.41. The average molecular weight is 299 g/mol. The second kappa shape index (κ2) is 7.74. The fraction of sp³-hybridized carbons (Fsp3) is 0.462. The summed E-state index contributed by atoms with van der Waals surface area (Å²) in [5.41, 5.74) is 0.920. The van der Waals surface area contributed by atoms with Crippen molar-refractivity contribution in [3.8, 4) is 0 Å². The Hall–Kier alpha value is -1.76. The minimum absolute atomic E-state index is 0.0363. The monoisotopic (exact) mass is 299 g/mol. The predicted molar refractivity (Wildman–Crippen MR) is 75.9 cm³/mol. The third-order valence-corrected chi connectivity index (χ3v) is 4.34. The lowest BCUT2D eigenvalue weighted by molar-refractivity contribution is -0.384. The Kier molecular flexibility index (Phi) is 6.30. The maximum Gasteiger partial charge on any atom is 0.309 e. The number of non-ortho nitro benzene ring substituents is 1. The van der Waals surface area contributed by atoms with E-state index in [1.54, 1.807) is 19.1 Å². The second-order valence-corrected chi connectivity index (χ2v) is 6.03. The summed E-state index contributed by atoms with van der Waals surface area (Å²) in [7, 11) is 0.183. The molecule has 1 rings (SSSR count). The molecule has 110 valence electrons. The minimum atomic E-state index is -1.12. The zero-order valence-electron chi connectivity index (χ0n) is 11.4. The van der Waals surface area contributed by atoms with E-state index in [0.29, 0.717) is 12.2 Å². The third kappa shape index (κ3) is 5.08. The Balaban J connectivity index is 2.44. The van der Waals surface area contributed by atoms with Crippen molar-refractivity contribution in [1.29, 1.82) is 0 Å². The SMILES string of the molecule is COC(=O)C(C)CS(=O)CCc1ccc([N+](=O)[O-])cc1. The van der Waals surface area contributed by atoms with Gasteiger partial charge in [-0.25, -0.2) is 0 Å². The molecule has 0 bridgehead atoms. The maximum atomic E-state index is 11.8. The highest BCUT2D eigenvalue weighted by atomic mass is 32.2. The van der Waals surface area contributed by atoms with E-state index in [1.807, 2.05) is 0 Å². The molecule has 1 aromatic carbocycles. The van der Waals surface area contributed by atoms with Crippen LogP contribution in [0.25, 0.3) is 0 Å². The zero-order chi connectivity index (χ0) is 15.1. The van der Waals surface area contributed by atoms with Gasteiger partial charge < -0.3 is 4.74 Å². The number of carbonyl (C=O) groups excluding carboxylic acids is 1. The maximum absolute atomic E-state index is 11.8. The molecule has 0 aliphatic rings. The smallest absolute Gasteiger partial charge is 0.309 e. The molecule has 0 saturated heterocycles. The van der Waals surface area contributed by atoms with Crippen molar-refractivity contribution in [2.24, 2.45) is 5.92 Å². The first kappa shape index (κ1) is 16.3. The Morgan fingerprint density at radius 3 is 2.50 bits per heavy atom. The van der Waals surface area contributed by atoms with Gasteiger partial charge in [-0.15, -0.1) is 0 Å². The van der Waals surface area contributed by atoms with E-state index < -0.39 is 21.6 Å². The van der Waals surface area contributed by atoms with E-state index >= 15 is 0 Å². The van der Waals surface area contributed by atoms with Crippen LogP contribution in [0.4, 0.5) is 5.69 Å². The van der Waals surface area contributed by atoms with E-state index in [2.05, 4.69) is 4.74 Å². The van der Waals surface area contributed by atoms with E-state index in [4.69, 9.17) is 0 Å². The number of aryl methyl sites for hydroxylation is 1. The number of nitrogens with zero attached hydrogens (tertiary/aromatic N) is 1. The van der Waals surface area contributed by atoms with Crippen molar-refractivity contribution >= 4 is 22.5 Å². The average Bonchev–Trinajstić information content (AvgIpc) is 2.44. The Morgan fingerprint density at radius 2 is 2.00 bits per heavy atom. The number of ether oxygens (including phenoxy) is 1. The largest absolute Gasteiger partial charge is 0.469 e. The van der Waals surface area contributed by atoms with E-state index in [1.165, 1.54) is 19.2 Å². The Labute approximate surface area is 119 Å². The topological polar surface area (TPSA) is 86.5 Å². The van der Waals surface area contributed by atoms with Gasteiger partial charge in [-0.3, -0.25) is 19.1 Å². The molecule has 2 atom stereocenters. The fourth-order valence-corrected chi connectivity index (χ4v) is 2.97. The summed E-state index contributed by atoms with van der Waals surface area (Å²) in [5, 5.41) is 10.5. The Bertz CT molecular complexity index is 500. The molecule has 0 fully saturated rings. The van der Waals surface area contributed by atoms with Crippen LogP contribution >= 0.6 is 0 Å². The van der Waals surface area contributed by atoms with Gasteiger partial charge in [0.05, 0.1) is 18.0 Å². The minimum Gasteiger partial charge on any atom is -0.469 e. The number of carbonyl (C=O) groups is 1. The molecule has 20 heavy (non-hydrogen) atoms. The van der Waals surface area contributed by atoms with E-state index in [0.717, 1.165) is 5.56 Å². The van der Waals surface area contributed by atoms with Crippen molar-refractivity contribution in [2.75, 3.05) is 18.6 Å². The third-order valence-electron chi connectivity index (χ3n) is 2.81. The highest BCUT2D eigenvalue weighted by molar-refractivity contribution is 7.85. The molecular formula is C13H17NO5S. The summed E-state index contributed by atoms with van der Waals surface area (Å²) in [6.07, 6.45) is 0.554. The highest BCUT2D eigenvalue weighted by Crippen LogP contribution is 2.12. The van der Waals surface area contributed by atoms with E-state index in [-0.39, 0.29) is 17.4 Å². The summed E-state index contributed by atoms with van der Waals surface area (Å²) in [5.74, 6) is -0.0786. The molecule has 0 aliphatic carbocycles. The van der Waals surface area contributed by atoms with E-state index in [9.17, 15) is 19.1 Å². The van der Waals surface area contributed by atoms with Crippen LogP contribution in [-0.2, 0) is 26.8 Å². The van der Waals surface area contributed by atoms with Gasteiger partial charge in [-0.2, -0.15) is 0 Å². The number of benzene rings is 1. The number of hydrogen-bond donors (Lipinski definition) is 0. The lowest BCUT2D eigenvalue weighted by atomic mass is 10.1. The quantitative estimate of drug-likeness (QED) is 0.434.